The van der Waals surface area contributed by atoms with Crippen LogP contribution in [0.4, 0.5) is 5.13 Å². The lowest BCUT2D eigenvalue weighted by atomic mass is 9.90. The summed E-state index contributed by atoms with van der Waals surface area (Å²) in [5, 5.41) is 11.6. The summed E-state index contributed by atoms with van der Waals surface area (Å²) in [7, 11) is 0. The van der Waals surface area contributed by atoms with Crippen LogP contribution >= 0.6 is 11.3 Å². The maximum atomic E-state index is 12.2. The average Bonchev–Trinajstić information content (AvgIpc) is 3.09. The van der Waals surface area contributed by atoms with Crippen molar-refractivity contribution in [2.45, 2.75) is 18.4 Å². The first-order chi connectivity index (χ1) is 9.67. The van der Waals surface area contributed by atoms with E-state index in [1.54, 1.807) is 18.4 Å². The van der Waals surface area contributed by atoms with Gasteiger partial charge in [0, 0.05) is 13.2 Å². The molecule has 0 atom stereocenters. The van der Waals surface area contributed by atoms with Crippen molar-refractivity contribution in [2.75, 3.05) is 18.5 Å². The quantitative estimate of drug-likeness (QED) is 0.883. The Balaban J connectivity index is 1.70. The largest absolute Gasteiger partial charge is 0.462 e. The minimum atomic E-state index is -0.894. The number of carbonyl (C=O) groups is 1. The summed E-state index contributed by atoms with van der Waals surface area (Å²) in [5.41, 5.74) is 5.20. The zero-order valence-corrected chi connectivity index (χ0v) is 11.5. The van der Waals surface area contributed by atoms with Crippen LogP contribution < -0.4 is 11.1 Å². The molecule has 3 N–H and O–H groups in total. The number of ether oxygens (including phenoxy) is 1. The number of rotatable bonds is 3. The van der Waals surface area contributed by atoms with Crippen LogP contribution in [-0.4, -0.2) is 34.9 Å². The van der Waals surface area contributed by atoms with E-state index in [1.165, 1.54) is 11.3 Å². The van der Waals surface area contributed by atoms with E-state index < -0.39 is 5.54 Å². The van der Waals surface area contributed by atoms with Crippen LogP contribution in [0.15, 0.2) is 22.8 Å². The van der Waals surface area contributed by atoms with Crippen molar-refractivity contribution in [1.82, 2.24) is 10.2 Å². The van der Waals surface area contributed by atoms with E-state index >= 15 is 0 Å². The smallest absolute Gasteiger partial charge is 0.246 e. The Morgan fingerprint density at radius 2 is 2.20 bits per heavy atom. The Bertz CT molecular complexity index is 590. The van der Waals surface area contributed by atoms with Gasteiger partial charge in [-0.1, -0.05) is 11.3 Å². The number of anilines is 1. The molecule has 3 heterocycles. The molecule has 1 fully saturated rings. The summed E-state index contributed by atoms with van der Waals surface area (Å²) in [6.45, 7) is 0.995. The van der Waals surface area contributed by atoms with E-state index in [1.807, 2.05) is 0 Å². The predicted octanol–water partition coefficient (Wildman–Crippen LogP) is 1.24. The lowest BCUT2D eigenvalue weighted by Gasteiger charge is -2.31. The fourth-order valence-electron chi connectivity index (χ4n) is 1.96. The summed E-state index contributed by atoms with van der Waals surface area (Å²) >= 11 is 1.25. The number of amides is 1. The lowest BCUT2D eigenvalue weighted by molar-refractivity contribution is -0.124. The molecule has 1 saturated heterocycles. The van der Waals surface area contributed by atoms with E-state index in [9.17, 15) is 4.79 Å². The van der Waals surface area contributed by atoms with Gasteiger partial charge < -0.3 is 14.9 Å². The molecule has 0 saturated carbocycles. The van der Waals surface area contributed by atoms with Crippen molar-refractivity contribution in [1.29, 1.82) is 0 Å². The van der Waals surface area contributed by atoms with Crippen LogP contribution in [0.1, 0.15) is 12.8 Å². The molecule has 20 heavy (non-hydrogen) atoms. The molecular weight excluding hydrogens is 280 g/mol. The zero-order chi connectivity index (χ0) is 14.0. The van der Waals surface area contributed by atoms with Crippen LogP contribution in [0.25, 0.3) is 10.8 Å². The van der Waals surface area contributed by atoms with Gasteiger partial charge in [0.05, 0.1) is 6.26 Å². The fourth-order valence-corrected chi connectivity index (χ4v) is 2.66. The van der Waals surface area contributed by atoms with Gasteiger partial charge >= 0.3 is 0 Å². The van der Waals surface area contributed by atoms with Gasteiger partial charge in [0.1, 0.15) is 5.54 Å². The van der Waals surface area contributed by atoms with Crippen LogP contribution in [-0.2, 0) is 9.53 Å². The monoisotopic (exact) mass is 294 g/mol. The third kappa shape index (κ3) is 2.58. The van der Waals surface area contributed by atoms with E-state index in [0.29, 0.717) is 42.0 Å². The number of hydrogen-bond acceptors (Lipinski definition) is 7. The number of nitrogens with zero attached hydrogens (tertiary/aromatic N) is 2. The number of furan rings is 1. The van der Waals surface area contributed by atoms with Crippen molar-refractivity contribution in [3.8, 4) is 10.8 Å². The maximum Gasteiger partial charge on any atom is 0.246 e. The Kier molecular flexibility index (Phi) is 3.51. The third-order valence-electron chi connectivity index (χ3n) is 3.21. The first-order valence-corrected chi connectivity index (χ1v) is 7.04. The number of nitrogens with one attached hydrogen (secondary N) is 1. The molecule has 1 amide bonds. The third-order valence-corrected chi connectivity index (χ3v) is 4.07. The Morgan fingerprint density at radius 1 is 1.40 bits per heavy atom. The molecule has 0 aromatic carbocycles. The molecule has 3 rings (SSSR count). The predicted molar refractivity (Wildman–Crippen MR) is 73.2 cm³/mol. The van der Waals surface area contributed by atoms with Crippen molar-refractivity contribution in [3.63, 3.8) is 0 Å². The molecule has 0 bridgehead atoms. The van der Waals surface area contributed by atoms with E-state index in [-0.39, 0.29) is 5.91 Å². The molecule has 2 aromatic rings. The molecule has 1 aliphatic rings. The minimum absolute atomic E-state index is 0.247. The number of carbonyl (C=O) groups excluding carboxylic acids is 1. The SMILES string of the molecule is NC1(C(=O)Nc2nnc(-c3ccco3)s2)CCOCC1. The second kappa shape index (κ2) is 5.31. The Labute approximate surface area is 119 Å². The lowest BCUT2D eigenvalue weighted by Crippen LogP contribution is -2.54. The summed E-state index contributed by atoms with van der Waals surface area (Å²) in [4.78, 5) is 12.2. The maximum absolute atomic E-state index is 12.2. The van der Waals surface area contributed by atoms with Gasteiger partial charge in [0.25, 0.3) is 0 Å². The van der Waals surface area contributed by atoms with Gasteiger partial charge in [-0.15, -0.1) is 10.2 Å². The van der Waals surface area contributed by atoms with Gasteiger partial charge in [0.2, 0.25) is 11.0 Å². The average molecular weight is 294 g/mol. The van der Waals surface area contributed by atoms with Gasteiger partial charge in [0.15, 0.2) is 10.8 Å². The second-order valence-electron chi connectivity index (χ2n) is 4.61. The molecule has 7 nitrogen and oxygen atoms in total. The van der Waals surface area contributed by atoms with E-state index in [0.717, 1.165) is 0 Å². The summed E-state index contributed by atoms with van der Waals surface area (Å²) in [6, 6.07) is 3.56. The molecule has 1 aliphatic heterocycles. The Morgan fingerprint density at radius 3 is 2.90 bits per heavy atom. The van der Waals surface area contributed by atoms with Crippen LogP contribution in [0, 0.1) is 0 Å². The normalized spacial score (nSPS) is 17.9. The van der Waals surface area contributed by atoms with Crippen molar-refractivity contribution in [2.24, 2.45) is 5.73 Å². The molecule has 106 valence electrons. The van der Waals surface area contributed by atoms with Gasteiger partial charge in [-0.3, -0.25) is 10.1 Å². The highest BCUT2D eigenvalue weighted by Gasteiger charge is 2.36. The molecule has 0 spiro atoms. The highest BCUT2D eigenvalue weighted by Crippen LogP contribution is 2.27. The zero-order valence-electron chi connectivity index (χ0n) is 10.7. The molecule has 0 radical (unpaired) electrons. The molecule has 0 aliphatic carbocycles. The topological polar surface area (TPSA) is 103 Å². The molecule has 0 unspecified atom stereocenters. The van der Waals surface area contributed by atoms with Gasteiger partial charge in [-0.2, -0.15) is 0 Å². The number of hydrogen-bond donors (Lipinski definition) is 2. The van der Waals surface area contributed by atoms with E-state index in [4.69, 9.17) is 14.9 Å². The highest BCUT2D eigenvalue weighted by molar-refractivity contribution is 7.18. The van der Waals surface area contributed by atoms with Crippen LogP contribution in [0.3, 0.4) is 0 Å². The molecular formula is C12H14N4O3S. The van der Waals surface area contributed by atoms with Crippen molar-refractivity contribution >= 4 is 22.4 Å². The molecule has 8 heteroatoms. The van der Waals surface area contributed by atoms with Crippen molar-refractivity contribution in [3.05, 3.63) is 18.4 Å². The van der Waals surface area contributed by atoms with Gasteiger partial charge in [-0.05, 0) is 25.0 Å². The Hall–Kier alpha value is -1.77. The van der Waals surface area contributed by atoms with Crippen molar-refractivity contribution < 1.29 is 13.9 Å². The molecule has 2 aromatic heterocycles. The first kappa shape index (κ1) is 13.2. The van der Waals surface area contributed by atoms with Gasteiger partial charge in [-0.25, -0.2) is 0 Å². The van der Waals surface area contributed by atoms with E-state index in [2.05, 4.69) is 15.5 Å². The summed E-state index contributed by atoms with van der Waals surface area (Å²) in [5.74, 6) is 0.375. The highest BCUT2D eigenvalue weighted by atomic mass is 32.1. The van der Waals surface area contributed by atoms with Crippen LogP contribution in [0.2, 0.25) is 0 Å². The minimum Gasteiger partial charge on any atom is -0.462 e. The first-order valence-electron chi connectivity index (χ1n) is 6.23. The number of nitrogens with two attached hydrogens (primary N) is 1. The van der Waals surface area contributed by atoms with Crippen LogP contribution in [0.5, 0.6) is 0 Å². The fraction of sp³-hybridized carbons (Fsp3) is 0.417. The summed E-state index contributed by atoms with van der Waals surface area (Å²) < 4.78 is 10.4. The summed E-state index contributed by atoms with van der Waals surface area (Å²) in [6.07, 6.45) is 2.57. The standard InChI is InChI=1S/C12H14N4O3S/c13-12(3-6-18-7-4-12)10(17)14-11-16-15-9(20-11)8-2-1-5-19-8/h1-2,5H,3-4,6-7,13H2,(H,14,16,17). The number of aromatic nitrogens is 2. The second-order valence-corrected chi connectivity index (χ2v) is 5.59.